The van der Waals surface area contributed by atoms with Gasteiger partial charge in [-0.25, -0.2) is 0 Å². The summed E-state index contributed by atoms with van der Waals surface area (Å²) < 4.78 is 0. The molecule has 1 unspecified atom stereocenters. The maximum absolute atomic E-state index is 13.1. The Morgan fingerprint density at radius 3 is 3.00 bits per heavy atom. The van der Waals surface area contributed by atoms with Gasteiger partial charge in [-0.2, -0.15) is 0 Å². The molecular weight excluding hydrogens is 344 g/mol. The highest BCUT2D eigenvalue weighted by Gasteiger charge is 2.43. The van der Waals surface area contributed by atoms with E-state index in [0.29, 0.717) is 19.5 Å². The molecule has 26 heavy (non-hydrogen) atoms. The summed E-state index contributed by atoms with van der Waals surface area (Å²) >= 11 is 1.81. The molecule has 1 saturated heterocycles. The molecule has 0 radical (unpaired) electrons. The Bertz CT molecular complexity index is 803. The summed E-state index contributed by atoms with van der Waals surface area (Å²) in [6.45, 7) is 5.56. The van der Waals surface area contributed by atoms with Gasteiger partial charge in [0, 0.05) is 37.6 Å². The molecule has 5 heteroatoms. The lowest BCUT2D eigenvalue weighted by molar-refractivity contribution is -0.160. The number of nitrogens with zero attached hydrogens (tertiary/aromatic N) is 2. The fourth-order valence-electron chi connectivity index (χ4n) is 4.21. The van der Waals surface area contributed by atoms with Gasteiger partial charge in [-0.1, -0.05) is 29.8 Å². The van der Waals surface area contributed by atoms with Crippen LogP contribution in [0, 0.1) is 6.92 Å². The molecule has 0 saturated carbocycles. The Labute approximate surface area is 159 Å². The normalized spacial score (nSPS) is 23.9. The molecule has 1 aromatic heterocycles. The topological polar surface area (TPSA) is 43.8 Å². The standard InChI is InChI=1S/C21H26N2O2S/c1-16-4-2-5-17(12-16)13-23-9-3-8-21(25,20(23)24)15-22-10-6-19-18(14-22)7-11-26-19/h2,4-5,7,11-12,25H,3,6,8-10,13-15H2,1H3. The Kier molecular flexibility index (Phi) is 4.86. The molecule has 4 nitrogen and oxygen atoms in total. The summed E-state index contributed by atoms with van der Waals surface area (Å²) in [4.78, 5) is 18.6. The fraction of sp³-hybridized carbons (Fsp3) is 0.476. The van der Waals surface area contributed by atoms with Gasteiger partial charge < -0.3 is 10.0 Å². The number of piperidine rings is 1. The maximum Gasteiger partial charge on any atom is 0.256 e. The molecule has 4 rings (SSSR count). The van der Waals surface area contributed by atoms with Gasteiger partial charge in [0.2, 0.25) is 0 Å². The molecule has 1 N–H and O–H groups in total. The van der Waals surface area contributed by atoms with Crippen molar-refractivity contribution in [3.63, 3.8) is 0 Å². The third-order valence-corrected chi connectivity index (χ3v) is 6.55. The number of fused-ring (bicyclic) bond motifs is 1. The molecular formula is C21H26N2O2S. The Balaban J connectivity index is 1.44. The van der Waals surface area contributed by atoms with Crippen molar-refractivity contribution in [2.45, 2.75) is 44.9 Å². The van der Waals surface area contributed by atoms with Crippen LogP contribution >= 0.6 is 11.3 Å². The van der Waals surface area contributed by atoms with Crippen molar-refractivity contribution in [2.24, 2.45) is 0 Å². The fourth-order valence-corrected chi connectivity index (χ4v) is 5.10. The van der Waals surface area contributed by atoms with E-state index in [9.17, 15) is 9.90 Å². The number of aryl methyl sites for hydroxylation is 1. The van der Waals surface area contributed by atoms with Crippen molar-refractivity contribution in [3.05, 3.63) is 57.3 Å². The number of benzene rings is 1. The maximum atomic E-state index is 13.1. The van der Waals surface area contributed by atoms with Crippen molar-refractivity contribution >= 4 is 17.2 Å². The third kappa shape index (κ3) is 3.56. The van der Waals surface area contributed by atoms with E-state index in [1.54, 1.807) is 0 Å². The minimum Gasteiger partial charge on any atom is -0.379 e. The van der Waals surface area contributed by atoms with Crippen LogP contribution < -0.4 is 0 Å². The van der Waals surface area contributed by atoms with Gasteiger partial charge in [-0.15, -0.1) is 11.3 Å². The molecule has 1 fully saturated rings. The number of β-amino-alcohol motifs (C(OH)–C–C–N with tert-alkyl or cyclic N) is 1. The molecule has 0 aliphatic carbocycles. The second kappa shape index (κ2) is 7.14. The van der Waals surface area contributed by atoms with Gasteiger partial charge in [-0.3, -0.25) is 9.69 Å². The molecule has 1 atom stereocenters. The molecule has 3 heterocycles. The third-order valence-electron chi connectivity index (χ3n) is 5.53. The minimum atomic E-state index is -1.25. The lowest BCUT2D eigenvalue weighted by Gasteiger charge is -2.41. The van der Waals surface area contributed by atoms with Gasteiger partial charge in [0.1, 0.15) is 0 Å². The second-order valence-electron chi connectivity index (χ2n) is 7.68. The Morgan fingerprint density at radius 2 is 2.15 bits per heavy atom. The van der Waals surface area contributed by atoms with Crippen LogP contribution in [0.25, 0.3) is 0 Å². The highest BCUT2D eigenvalue weighted by molar-refractivity contribution is 7.10. The first-order valence-electron chi connectivity index (χ1n) is 9.38. The smallest absolute Gasteiger partial charge is 0.256 e. The monoisotopic (exact) mass is 370 g/mol. The molecule has 1 amide bonds. The molecule has 2 aromatic rings. The van der Waals surface area contributed by atoms with E-state index in [-0.39, 0.29) is 5.91 Å². The Morgan fingerprint density at radius 1 is 1.27 bits per heavy atom. The SMILES string of the molecule is Cc1cccc(CN2CCCC(O)(CN3CCc4sccc4C3)C2=O)c1. The van der Waals surface area contributed by atoms with Crippen molar-refractivity contribution in [1.82, 2.24) is 9.80 Å². The number of hydrogen-bond donors (Lipinski definition) is 1. The summed E-state index contributed by atoms with van der Waals surface area (Å²) in [5.41, 5.74) is 2.42. The predicted molar refractivity (Wildman–Crippen MR) is 104 cm³/mol. The van der Waals surface area contributed by atoms with Crippen LogP contribution in [0.5, 0.6) is 0 Å². The average Bonchev–Trinajstić information content (AvgIpc) is 3.07. The van der Waals surface area contributed by atoms with E-state index in [2.05, 4.69) is 41.5 Å². The zero-order valence-corrected chi connectivity index (χ0v) is 16.1. The van der Waals surface area contributed by atoms with Crippen LogP contribution in [0.4, 0.5) is 0 Å². The van der Waals surface area contributed by atoms with Crippen LogP contribution in [0.1, 0.15) is 34.4 Å². The van der Waals surface area contributed by atoms with Gasteiger partial charge in [-0.05, 0) is 48.8 Å². The van der Waals surface area contributed by atoms with Crippen molar-refractivity contribution in [2.75, 3.05) is 19.6 Å². The lowest BCUT2D eigenvalue weighted by Crippen LogP contribution is -2.58. The van der Waals surface area contributed by atoms with Gasteiger partial charge in [0.25, 0.3) is 5.91 Å². The summed E-state index contributed by atoms with van der Waals surface area (Å²) in [6.07, 6.45) is 2.43. The molecule has 1 aromatic carbocycles. The zero-order chi connectivity index (χ0) is 18.1. The van der Waals surface area contributed by atoms with Crippen molar-refractivity contribution < 1.29 is 9.90 Å². The van der Waals surface area contributed by atoms with E-state index >= 15 is 0 Å². The van der Waals surface area contributed by atoms with Crippen molar-refractivity contribution in [1.29, 1.82) is 0 Å². The first-order chi connectivity index (χ1) is 12.5. The van der Waals surface area contributed by atoms with Crippen LogP contribution in [0.3, 0.4) is 0 Å². The quantitative estimate of drug-likeness (QED) is 0.900. The number of thiophene rings is 1. The number of likely N-dealkylation sites (tertiary alicyclic amines) is 1. The van der Waals surface area contributed by atoms with Crippen LogP contribution in [0.2, 0.25) is 0 Å². The number of amides is 1. The van der Waals surface area contributed by atoms with E-state index in [0.717, 1.165) is 38.0 Å². The molecule has 0 bridgehead atoms. The Hall–Kier alpha value is -1.69. The van der Waals surface area contributed by atoms with Crippen LogP contribution in [-0.2, 0) is 24.3 Å². The van der Waals surface area contributed by atoms with Gasteiger partial charge >= 0.3 is 0 Å². The lowest BCUT2D eigenvalue weighted by atomic mass is 9.90. The largest absolute Gasteiger partial charge is 0.379 e. The first kappa shape index (κ1) is 17.7. The number of carbonyl (C=O) groups excluding carboxylic acids is 1. The number of aliphatic hydroxyl groups is 1. The second-order valence-corrected chi connectivity index (χ2v) is 8.68. The van der Waals surface area contributed by atoms with Crippen molar-refractivity contribution in [3.8, 4) is 0 Å². The van der Waals surface area contributed by atoms with Gasteiger partial charge in [0.05, 0.1) is 0 Å². The van der Waals surface area contributed by atoms with E-state index < -0.39 is 5.60 Å². The molecule has 0 spiro atoms. The summed E-state index contributed by atoms with van der Waals surface area (Å²) in [7, 11) is 0. The highest BCUT2D eigenvalue weighted by atomic mass is 32.1. The number of rotatable bonds is 4. The number of hydrogen-bond acceptors (Lipinski definition) is 4. The van der Waals surface area contributed by atoms with Crippen LogP contribution in [0.15, 0.2) is 35.7 Å². The molecule has 2 aliphatic rings. The first-order valence-corrected chi connectivity index (χ1v) is 10.3. The van der Waals surface area contributed by atoms with E-state index in [1.807, 2.05) is 22.3 Å². The zero-order valence-electron chi connectivity index (χ0n) is 15.3. The summed E-state index contributed by atoms with van der Waals surface area (Å²) in [6, 6.07) is 10.4. The number of carbonyl (C=O) groups is 1. The molecule has 138 valence electrons. The van der Waals surface area contributed by atoms with E-state index in [1.165, 1.54) is 16.0 Å². The average molecular weight is 371 g/mol. The summed E-state index contributed by atoms with van der Waals surface area (Å²) in [5.74, 6) is -0.110. The van der Waals surface area contributed by atoms with Gasteiger partial charge in [0.15, 0.2) is 5.60 Å². The highest BCUT2D eigenvalue weighted by Crippen LogP contribution is 2.29. The summed E-state index contributed by atoms with van der Waals surface area (Å²) in [5, 5.41) is 13.3. The van der Waals surface area contributed by atoms with Crippen LogP contribution in [-0.4, -0.2) is 46.0 Å². The minimum absolute atomic E-state index is 0.110. The van der Waals surface area contributed by atoms with E-state index in [4.69, 9.17) is 0 Å². The predicted octanol–water partition coefficient (Wildman–Crippen LogP) is 2.97. The molecule has 2 aliphatic heterocycles.